The molecule has 15 heavy (non-hydrogen) atoms. The summed E-state index contributed by atoms with van der Waals surface area (Å²) >= 11 is 5.99. The predicted molar refractivity (Wildman–Crippen MR) is 61.1 cm³/mol. The Morgan fingerprint density at radius 2 is 2.07 bits per heavy atom. The maximum absolute atomic E-state index is 11.4. The number of alkyl halides is 1. The molecule has 1 atom stereocenters. The highest BCUT2D eigenvalue weighted by molar-refractivity contribution is 6.29. The van der Waals surface area contributed by atoms with Crippen LogP contribution < -0.4 is 0 Å². The quantitative estimate of drug-likeness (QED) is 0.585. The second-order valence-electron chi connectivity index (χ2n) is 3.46. The van der Waals surface area contributed by atoms with E-state index in [9.17, 15) is 4.79 Å². The van der Waals surface area contributed by atoms with E-state index >= 15 is 0 Å². The summed E-state index contributed by atoms with van der Waals surface area (Å²) in [5, 5.41) is -0.704. The molecule has 0 heterocycles. The van der Waals surface area contributed by atoms with Crippen molar-refractivity contribution in [2.75, 3.05) is 6.61 Å². The first-order valence-corrected chi connectivity index (χ1v) is 5.37. The third-order valence-electron chi connectivity index (χ3n) is 2.32. The fraction of sp³-hybridized carbons (Fsp3) is 0.417. The van der Waals surface area contributed by atoms with Gasteiger partial charge in [0.15, 0.2) is 5.38 Å². The molecule has 1 rings (SSSR count). The standard InChI is InChI=1S/C12H15ClO2/c1-4-15-12(14)11(13)10-6-5-8(2)9(3)7-10/h5-7,11H,4H2,1-3H3/t11-/m1/s1. The molecule has 1 aromatic rings. The molecule has 0 aromatic heterocycles. The Hall–Kier alpha value is -1.02. The molecule has 0 aliphatic rings. The minimum atomic E-state index is -0.704. The van der Waals surface area contributed by atoms with E-state index in [0.29, 0.717) is 6.61 Å². The molecule has 0 unspecified atom stereocenters. The Kier molecular flexibility index (Phi) is 4.15. The van der Waals surface area contributed by atoms with Crippen molar-refractivity contribution in [1.29, 1.82) is 0 Å². The molecule has 0 saturated heterocycles. The van der Waals surface area contributed by atoms with Crippen LogP contribution in [0.25, 0.3) is 0 Å². The normalized spacial score (nSPS) is 12.3. The minimum absolute atomic E-state index is 0.354. The highest BCUT2D eigenvalue weighted by Gasteiger charge is 2.18. The van der Waals surface area contributed by atoms with Gasteiger partial charge in [0.1, 0.15) is 0 Å². The topological polar surface area (TPSA) is 26.3 Å². The average Bonchev–Trinajstić information content (AvgIpc) is 2.21. The Morgan fingerprint density at radius 1 is 1.40 bits per heavy atom. The van der Waals surface area contributed by atoms with Gasteiger partial charge < -0.3 is 4.74 Å². The number of esters is 1. The highest BCUT2D eigenvalue weighted by atomic mass is 35.5. The molecule has 0 aliphatic heterocycles. The first-order valence-electron chi connectivity index (χ1n) is 4.94. The zero-order chi connectivity index (χ0) is 11.4. The lowest BCUT2D eigenvalue weighted by molar-refractivity contribution is -0.142. The lowest BCUT2D eigenvalue weighted by atomic mass is 10.0. The molecular formula is C12H15ClO2. The van der Waals surface area contributed by atoms with Crippen molar-refractivity contribution >= 4 is 17.6 Å². The summed E-state index contributed by atoms with van der Waals surface area (Å²) in [5.41, 5.74) is 3.10. The second kappa shape index (κ2) is 5.17. The van der Waals surface area contributed by atoms with Crippen LogP contribution in [0.5, 0.6) is 0 Å². The Bertz CT molecular complexity index is 361. The number of carbonyl (C=O) groups is 1. The van der Waals surface area contributed by atoms with E-state index < -0.39 is 5.38 Å². The molecule has 0 bridgehead atoms. The molecule has 2 nitrogen and oxygen atoms in total. The average molecular weight is 227 g/mol. The summed E-state index contributed by atoms with van der Waals surface area (Å²) in [4.78, 5) is 11.4. The molecule has 0 spiro atoms. The highest BCUT2D eigenvalue weighted by Crippen LogP contribution is 2.23. The molecular weight excluding hydrogens is 212 g/mol. The van der Waals surface area contributed by atoms with Gasteiger partial charge in [-0.2, -0.15) is 0 Å². The van der Waals surface area contributed by atoms with Gasteiger partial charge in [-0.15, -0.1) is 11.6 Å². The number of carbonyl (C=O) groups excluding carboxylic acids is 1. The number of ether oxygens (including phenoxy) is 1. The lowest BCUT2D eigenvalue weighted by Gasteiger charge is -2.10. The van der Waals surface area contributed by atoms with Gasteiger partial charge in [-0.05, 0) is 37.5 Å². The monoisotopic (exact) mass is 226 g/mol. The van der Waals surface area contributed by atoms with Crippen LogP contribution in [-0.2, 0) is 9.53 Å². The van der Waals surface area contributed by atoms with E-state index in [-0.39, 0.29) is 5.97 Å². The number of hydrogen-bond acceptors (Lipinski definition) is 2. The minimum Gasteiger partial charge on any atom is -0.465 e. The Balaban J connectivity index is 2.86. The second-order valence-corrected chi connectivity index (χ2v) is 3.89. The summed E-state index contributed by atoms with van der Waals surface area (Å²) in [5.74, 6) is -0.387. The fourth-order valence-corrected chi connectivity index (χ4v) is 1.47. The fourth-order valence-electron chi connectivity index (χ4n) is 1.27. The van der Waals surface area contributed by atoms with Crippen molar-refractivity contribution in [2.24, 2.45) is 0 Å². The van der Waals surface area contributed by atoms with Crippen molar-refractivity contribution in [3.63, 3.8) is 0 Å². The number of benzene rings is 1. The summed E-state index contributed by atoms with van der Waals surface area (Å²) in [6.07, 6.45) is 0. The predicted octanol–water partition coefficient (Wildman–Crippen LogP) is 3.15. The van der Waals surface area contributed by atoms with Gasteiger partial charge in [0.05, 0.1) is 6.61 Å². The number of halogens is 1. The Morgan fingerprint density at radius 3 is 2.60 bits per heavy atom. The van der Waals surface area contributed by atoms with Crippen molar-refractivity contribution in [1.82, 2.24) is 0 Å². The van der Waals surface area contributed by atoms with Gasteiger partial charge in [-0.3, -0.25) is 4.79 Å². The van der Waals surface area contributed by atoms with Crippen LogP contribution in [-0.4, -0.2) is 12.6 Å². The molecule has 82 valence electrons. The summed E-state index contributed by atoms with van der Waals surface area (Å²) in [7, 11) is 0. The Labute approximate surface area is 95.2 Å². The van der Waals surface area contributed by atoms with Crippen LogP contribution in [0.3, 0.4) is 0 Å². The van der Waals surface area contributed by atoms with E-state index in [0.717, 1.165) is 11.1 Å². The zero-order valence-electron chi connectivity index (χ0n) is 9.21. The molecule has 0 fully saturated rings. The van der Waals surface area contributed by atoms with E-state index in [1.165, 1.54) is 5.56 Å². The van der Waals surface area contributed by atoms with Crippen LogP contribution in [0.2, 0.25) is 0 Å². The van der Waals surface area contributed by atoms with Crippen molar-refractivity contribution in [2.45, 2.75) is 26.1 Å². The molecule has 0 N–H and O–H groups in total. The summed E-state index contributed by atoms with van der Waals surface area (Å²) in [6.45, 7) is 6.13. The third kappa shape index (κ3) is 2.96. The van der Waals surface area contributed by atoms with E-state index in [4.69, 9.17) is 16.3 Å². The van der Waals surface area contributed by atoms with Gasteiger partial charge in [0, 0.05) is 0 Å². The maximum Gasteiger partial charge on any atom is 0.328 e. The third-order valence-corrected chi connectivity index (χ3v) is 2.75. The smallest absolute Gasteiger partial charge is 0.328 e. The number of hydrogen-bond donors (Lipinski definition) is 0. The largest absolute Gasteiger partial charge is 0.465 e. The molecule has 0 amide bonds. The van der Waals surface area contributed by atoms with Crippen molar-refractivity contribution in [3.05, 3.63) is 34.9 Å². The van der Waals surface area contributed by atoms with Crippen LogP contribution in [0, 0.1) is 13.8 Å². The summed E-state index contributed by atoms with van der Waals surface area (Å²) in [6, 6.07) is 5.74. The zero-order valence-corrected chi connectivity index (χ0v) is 9.97. The van der Waals surface area contributed by atoms with Crippen LogP contribution >= 0.6 is 11.6 Å². The van der Waals surface area contributed by atoms with Gasteiger partial charge in [0.25, 0.3) is 0 Å². The van der Waals surface area contributed by atoms with Gasteiger partial charge in [-0.25, -0.2) is 0 Å². The molecule has 3 heteroatoms. The van der Waals surface area contributed by atoms with E-state index in [2.05, 4.69) is 0 Å². The molecule has 1 aromatic carbocycles. The van der Waals surface area contributed by atoms with E-state index in [1.54, 1.807) is 6.92 Å². The van der Waals surface area contributed by atoms with Crippen LogP contribution in [0.15, 0.2) is 18.2 Å². The van der Waals surface area contributed by atoms with Crippen LogP contribution in [0.1, 0.15) is 29.0 Å². The van der Waals surface area contributed by atoms with Crippen molar-refractivity contribution in [3.8, 4) is 0 Å². The molecule has 0 saturated carbocycles. The SMILES string of the molecule is CCOC(=O)[C@H](Cl)c1ccc(C)c(C)c1. The number of aryl methyl sites for hydroxylation is 2. The van der Waals surface area contributed by atoms with Gasteiger partial charge >= 0.3 is 5.97 Å². The van der Waals surface area contributed by atoms with Crippen molar-refractivity contribution < 1.29 is 9.53 Å². The molecule has 0 aliphatic carbocycles. The maximum atomic E-state index is 11.4. The first kappa shape index (κ1) is 12.1. The summed E-state index contributed by atoms with van der Waals surface area (Å²) < 4.78 is 4.86. The van der Waals surface area contributed by atoms with Crippen LogP contribution in [0.4, 0.5) is 0 Å². The van der Waals surface area contributed by atoms with E-state index in [1.807, 2.05) is 32.0 Å². The number of rotatable bonds is 3. The molecule has 0 radical (unpaired) electrons. The van der Waals surface area contributed by atoms with Gasteiger partial charge in [0.2, 0.25) is 0 Å². The van der Waals surface area contributed by atoms with Gasteiger partial charge in [-0.1, -0.05) is 18.2 Å². The first-order chi connectivity index (χ1) is 7.06. The lowest BCUT2D eigenvalue weighted by Crippen LogP contribution is -2.11.